The average molecular weight is 350 g/mol. The number of rotatable bonds is 5. The largest absolute Gasteiger partial charge is 0.486 e. The van der Waals surface area contributed by atoms with Crippen LogP contribution >= 0.6 is 0 Å². The van der Waals surface area contributed by atoms with Crippen LogP contribution in [0.15, 0.2) is 66.4 Å². The number of pyridine rings is 1. The van der Waals surface area contributed by atoms with Crippen LogP contribution in [-0.4, -0.2) is 17.5 Å². The molecule has 0 spiro atoms. The third kappa shape index (κ3) is 4.06. The summed E-state index contributed by atoms with van der Waals surface area (Å²) in [6.07, 6.45) is 3.55. The molecule has 0 saturated carbocycles. The molecule has 2 aromatic carbocycles. The van der Waals surface area contributed by atoms with Crippen molar-refractivity contribution in [3.05, 3.63) is 77.8 Å². The first-order valence-electron chi connectivity index (χ1n) is 8.25. The third-order valence-corrected chi connectivity index (χ3v) is 3.81. The number of benzene rings is 2. The molecule has 0 bridgehead atoms. The number of anilines is 1. The van der Waals surface area contributed by atoms with Gasteiger partial charge in [0.25, 0.3) is 5.91 Å². The van der Waals surface area contributed by atoms with E-state index in [-0.39, 0.29) is 18.0 Å². The average Bonchev–Trinajstić information content (AvgIpc) is 2.64. The molecule has 26 heavy (non-hydrogen) atoms. The second-order valence-electron chi connectivity index (χ2n) is 6.08. The molecule has 5 heteroatoms. The minimum absolute atomic E-state index is 0.0796. The topological polar surface area (TPSA) is 51.2 Å². The zero-order chi connectivity index (χ0) is 18.5. The molecule has 0 radical (unpaired) electrons. The van der Waals surface area contributed by atoms with E-state index in [4.69, 9.17) is 4.74 Å². The van der Waals surface area contributed by atoms with Gasteiger partial charge in [0.1, 0.15) is 6.61 Å². The first kappa shape index (κ1) is 17.6. The number of fused-ring (bicyclic) bond motifs is 1. The lowest BCUT2D eigenvalue weighted by Gasteiger charge is -2.11. The highest BCUT2D eigenvalue weighted by atomic mass is 19.1. The molecule has 0 fully saturated rings. The fourth-order valence-corrected chi connectivity index (χ4v) is 2.43. The minimum Gasteiger partial charge on any atom is -0.486 e. The van der Waals surface area contributed by atoms with Gasteiger partial charge in [-0.25, -0.2) is 4.39 Å². The molecule has 0 aliphatic rings. The fraction of sp³-hybridized carbons (Fsp3) is 0.143. The van der Waals surface area contributed by atoms with Crippen LogP contribution < -0.4 is 10.1 Å². The van der Waals surface area contributed by atoms with Crippen LogP contribution in [0.3, 0.4) is 0 Å². The van der Waals surface area contributed by atoms with Gasteiger partial charge in [0.15, 0.2) is 11.6 Å². The van der Waals surface area contributed by atoms with E-state index in [0.717, 1.165) is 16.5 Å². The second-order valence-corrected chi connectivity index (χ2v) is 6.08. The fourth-order valence-electron chi connectivity index (χ4n) is 2.43. The molecule has 1 amide bonds. The first-order chi connectivity index (χ1) is 12.5. The van der Waals surface area contributed by atoms with Crippen molar-refractivity contribution < 1.29 is 13.9 Å². The molecule has 0 aliphatic heterocycles. The van der Waals surface area contributed by atoms with E-state index in [1.807, 2.05) is 26.0 Å². The molecule has 3 rings (SSSR count). The van der Waals surface area contributed by atoms with Crippen LogP contribution in [0.25, 0.3) is 10.9 Å². The number of halogens is 1. The lowest BCUT2D eigenvalue weighted by atomic mass is 10.1. The highest BCUT2D eigenvalue weighted by Crippen LogP contribution is 2.25. The Morgan fingerprint density at radius 3 is 2.85 bits per heavy atom. The predicted octanol–water partition coefficient (Wildman–Crippen LogP) is 4.97. The molecule has 3 aromatic rings. The number of ether oxygens (including phenoxy) is 1. The lowest BCUT2D eigenvalue weighted by Crippen LogP contribution is -2.13. The van der Waals surface area contributed by atoms with Gasteiger partial charge in [0.05, 0.1) is 11.2 Å². The van der Waals surface area contributed by atoms with E-state index in [9.17, 15) is 9.18 Å². The van der Waals surface area contributed by atoms with Gasteiger partial charge in [-0.2, -0.15) is 0 Å². The molecule has 1 aromatic heterocycles. The van der Waals surface area contributed by atoms with Crippen LogP contribution in [0.1, 0.15) is 24.2 Å². The quantitative estimate of drug-likeness (QED) is 0.661. The first-order valence-corrected chi connectivity index (χ1v) is 8.25. The van der Waals surface area contributed by atoms with Gasteiger partial charge < -0.3 is 10.1 Å². The van der Waals surface area contributed by atoms with E-state index in [1.54, 1.807) is 36.5 Å². The molecule has 0 saturated heterocycles. The summed E-state index contributed by atoms with van der Waals surface area (Å²) in [5, 5.41) is 3.45. The van der Waals surface area contributed by atoms with Crippen LogP contribution in [0.4, 0.5) is 10.1 Å². The predicted molar refractivity (Wildman–Crippen MR) is 101 cm³/mol. The molecule has 1 heterocycles. The number of hydrogen-bond acceptors (Lipinski definition) is 3. The lowest BCUT2D eigenvalue weighted by molar-refractivity contribution is 0.102. The Bertz CT molecular complexity index is 979. The Labute approximate surface area is 151 Å². The Morgan fingerprint density at radius 1 is 1.19 bits per heavy atom. The molecular formula is C21H19FN2O2. The van der Waals surface area contributed by atoms with Gasteiger partial charge in [-0.05, 0) is 56.3 Å². The minimum atomic E-state index is -0.592. The number of allylic oxidation sites excluding steroid dienone is 1. The van der Waals surface area contributed by atoms with Crippen molar-refractivity contribution in [2.24, 2.45) is 0 Å². The van der Waals surface area contributed by atoms with Crippen molar-refractivity contribution in [3.63, 3.8) is 0 Å². The molecule has 1 N–H and O–H groups in total. The third-order valence-electron chi connectivity index (χ3n) is 3.81. The van der Waals surface area contributed by atoms with E-state index in [2.05, 4.69) is 10.3 Å². The summed E-state index contributed by atoms with van der Waals surface area (Å²) in [6.45, 7) is 4.15. The van der Waals surface area contributed by atoms with Crippen molar-refractivity contribution >= 4 is 22.5 Å². The van der Waals surface area contributed by atoms with E-state index >= 15 is 0 Å². The Hall–Kier alpha value is -3.21. The molecule has 4 nitrogen and oxygen atoms in total. The molecule has 132 valence electrons. The summed E-state index contributed by atoms with van der Waals surface area (Å²) in [5.74, 6) is -0.885. The zero-order valence-corrected chi connectivity index (χ0v) is 14.6. The molecule has 0 unspecified atom stereocenters. The van der Waals surface area contributed by atoms with E-state index in [1.165, 1.54) is 12.1 Å². The van der Waals surface area contributed by atoms with Crippen molar-refractivity contribution in [3.8, 4) is 5.75 Å². The van der Waals surface area contributed by atoms with Gasteiger partial charge >= 0.3 is 0 Å². The number of nitrogens with zero attached hydrogens (tertiary/aromatic N) is 1. The smallest absolute Gasteiger partial charge is 0.255 e. The number of carbonyl (C=O) groups is 1. The summed E-state index contributed by atoms with van der Waals surface area (Å²) in [7, 11) is 0. The summed E-state index contributed by atoms with van der Waals surface area (Å²) in [6, 6.07) is 13.5. The summed E-state index contributed by atoms with van der Waals surface area (Å²) in [4.78, 5) is 16.7. The number of aromatic nitrogens is 1. The van der Waals surface area contributed by atoms with Gasteiger partial charge in [-0.1, -0.05) is 17.7 Å². The van der Waals surface area contributed by atoms with Crippen LogP contribution in [0, 0.1) is 5.82 Å². The molecule has 0 atom stereocenters. The van der Waals surface area contributed by atoms with Crippen LogP contribution in [-0.2, 0) is 0 Å². The standard InChI is InChI=1S/C21H19FN2O2/c1-14(2)10-12-26-19-7-3-6-18(20(19)22)24-21(25)16-8-9-17-15(13-16)5-4-11-23-17/h3-11,13H,12H2,1-2H3,(H,24,25). The van der Waals surface area contributed by atoms with Gasteiger partial charge in [-0.3, -0.25) is 9.78 Å². The van der Waals surface area contributed by atoms with Gasteiger partial charge in [-0.15, -0.1) is 0 Å². The molecule has 0 aliphatic carbocycles. The SMILES string of the molecule is CC(C)=CCOc1cccc(NC(=O)c2ccc3ncccc3c2)c1F. The maximum absolute atomic E-state index is 14.6. The van der Waals surface area contributed by atoms with Crippen molar-refractivity contribution in [2.45, 2.75) is 13.8 Å². The van der Waals surface area contributed by atoms with Crippen LogP contribution in [0.5, 0.6) is 5.75 Å². The number of amides is 1. The van der Waals surface area contributed by atoms with Crippen molar-refractivity contribution in [1.82, 2.24) is 4.98 Å². The Kier molecular flexibility index (Phi) is 5.27. The highest BCUT2D eigenvalue weighted by Gasteiger charge is 2.13. The van der Waals surface area contributed by atoms with E-state index < -0.39 is 11.7 Å². The summed E-state index contributed by atoms with van der Waals surface area (Å²) < 4.78 is 20.0. The molecular weight excluding hydrogens is 331 g/mol. The Morgan fingerprint density at radius 2 is 2.04 bits per heavy atom. The van der Waals surface area contributed by atoms with Gasteiger partial charge in [0, 0.05) is 17.1 Å². The number of nitrogens with one attached hydrogen (secondary N) is 1. The normalized spacial score (nSPS) is 10.4. The van der Waals surface area contributed by atoms with Crippen LogP contribution in [0.2, 0.25) is 0 Å². The highest BCUT2D eigenvalue weighted by molar-refractivity contribution is 6.06. The van der Waals surface area contributed by atoms with E-state index in [0.29, 0.717) is 5.56 Å². The summed E-state index contributed by atoms with van der Waals surface area (Å²) in [5.41, 5.74) is 2.39. The maximum Gasteiger partial charge on any atom is 0.255 e. The Balaban J connectivity index is 1.79. The summed E-state index contributed by atoms with van der Waals surface area (Å²) >= 11 is 0. The second kappa shape index (κ2) is 7.78. The monoisotopic (exact) mass is 350 g/mol. The van der Waals surface area contributed by atoms with Gasteiger partial charge in [0.2, 0.25) is 0 Å². The van der Waals surface area contributed by atoms with Crippen molar-refractivity contribution in [2.75, 3.05) is 11.9 Å². The number of carbonyl (C=O) groups excluding carboxylic acids is 1. The maximum atomic E-state index is 14.6. The van der Waals surface area contributed by atoms with Crippen molar-refractivity contribution in [1.29, 1.82) is 0 Å². The zero-order valence-electron chi connectivity index (χ0n) is 14.6. The number of hydrogen-bond donors (Lipinski definition) is 1.